The van der Waals surface area contributed by atoms with E-state index in [-0.39, 0.29) is 5.69 Å². The van der Waals surface area contributed by atoms with Crippen LogP contribution < -0.4 is 4.13 Å². The minimum absolute atomic E-state index is 0.169. The molecule has 0 unspecified atom stereocenters. The minimum atomic E-state index is -6.04. The molecule has 12 heteroatoms. The molecule has 0 fully saturated rings. The quantitative estimate of drug-likeness (QED) is 0.839. The SMILES string of the molecule is O=Nc1ccc(S(=O)(=O)NS(=O)(=O)C(F)(F)F)cc1. The van der Waals surface area contributed by atoms with Crippen molar-refractivity contribution in [2.24, 2.45) is 5.18 Å². The third-order valence-corrected chi connectivity index (χ3v) is 5.03. The largest absolute Gasteiger partial charge is 0.512 e. The van der Waals surface area contributed by atoms with E-state index in [4.69, 9.17) is 0 Å². The molecule has 1 N–H and O–H groups in total. The molecular formula is C7H5F3N2O5S2. The number of hydrogen-bond acceptors (Lipinski definition) is 6. The van der Waals surface area contributed by atoms with Gasteiger partial charge in [0.25, 0.3) is 10.0 Å². The maximum atomic E-state index is 12.0. The lowest BCUT2D eigenvalue weighted by atomic mass is 10.3. The summed E-state index contributed by atoms with van der Waals surface area (Å²) >= 11 is 0. The molecule has 1 rings (SSSR count). The van der Waals surface area contributed by atoms with E-state index < -0.39 is 30.5 Å². The molecule has 0 aliphatic heterocycles. The molecule has 106 valence electrons. The van der Waals surface area contributed by atoms with Gasteiger partial charge in [0.15, 0.2) is 0 Å². The molecule has 0 amide bonds. The molecule has 1 aromatic carbocycles. The van der Waals surface area contributed by atoms with E-state index in [2.05, 4.69) is 5.18 Å². The number of halogens is 3. The van der Waals surface area contributed by atoms with E-state index in [1.807, 2.05) is 0 Å². The van der Waals surface area contributed by atoms with Crippen LogP contribution in [0.25, 0.3) is 0 Å². The Morgan fingerprint density at radius 3 is 1.84 bits per heavy atom. The molecule has 7 nitrogen and oxygen atoms in total. The highest BCUT2D eigenvalue weighted by Gasteiger charge is 2.48. The van der Waals surface area contributed by atoms with Crippen molar-refractivity contribution in [3.63, 3.8) is 0 Å². The second kappa shape index (κ2) is 4.86. The summed E-state index contributed by atoms with van der Waals surface area (Å²) in [6.45, 7) is 0. The maximum Gasteiger partial charge on any atom is 0.512 e. The lowest BCUT2D eigenvalue weighted by Gasteiger charge is -2.09. The van der Waals surface area contributed by atoms with Crippen LogP contribution in [0, 0.1) is 4.91 Å². The zero-order valence-electron chi connectivity index (χ0n) is 8.75. The van der Waals surface area contributed by atoms with Crippen molar-refractivity contribution in [1.29, 1.82) is 0 Å². The fourth-order valence-electron chi connectivity index (χ4n) is 0.926. The van der Waals surface area contributed by atoms with Gasteiger partial charge in [0.05, 0.1) is 4.90 Å². The van der Waals surface area contributed by atoms with Crippen LogP contribution >= 0.6 is 0 Å². The standard InChI is InChI=1S/C7H5F3N2O5S2/c8-7(9,10)19(16,17)12-18(14,15)6-3-1-5(11-13)2-4-6/h1-4,12H. The summed E-state index contributed by atoms with van der Waals surface area (Å²) < 4.78 is 80.8. The van der Waals surface area contributed by atoms with Crippen molar-refractivity contribution in [2.45, 2.75) is 10.4 Å². The summed E-state index contributed by atoms with van der Waals surface area (Å²) in [4.78, 5) is 9.31. The van der Waals surface area contributed by atoms with Crippen LogP contribution in [0.1, 0.15) is 0 Å². The third kappa shape index (κ3) is 3.48. The summed E-state index contributed by atoms with van der Waals surface area (Å²) in [5, 5.41) is 2.44. The summed E-state index contributed by atoms with van der Waals surface area (Å²) in [6, 6.07) is 3.29. The maximum absolute atomic E-state index is 12.0. The van der Waals surface area contributed by atoms with Crippen LogP contribution in [-0.2, 0) is 20.0 Å². The van der Waals surface area contributed by atoms with Crippen molar-refractivity contribution in [2.75, 3.05) is 0 Å². The molecular weight excluding hydrogens is 313 g/mol. The summed E-state index contributed by atoms with van der Waals surface area (Å²) in [5.41, 5.74) is -5.93. The Morgan fingerprint density at radius 2 is 1.47 bits per heavy atom. The van der Waals surface area contributed by atoms with Crippen molar-refractivity contribution in [1.82, 2.24) is 4.13 Å². The van der Waals surface area contributed by atoms with Crippen LogP contribution in [0.3, 0.4) is 0 Å². The Morgan fingerprint density at radius 1 is 1.00 bits per heavy atom. The van der Waals surface area contributed by atoms with Gasteiger partial charge in [-0.05, 0) is 29.4 Å². The predicted octanol–water partition coefficient (Wildman–Crippen LogP) is 1.21. The monoisotopic (exact) mass is 318 g/mol. The van der Waals surface area contributed by atoms with Crippen molar-refractivity contribution in [3.8, 4) is 0 Å². The summed E-state index contributed by atoms with van der Waals surface area (Å²) in [6.07, 6.45) is 0. The fraction of sp³-hybridized carbons (Fsp3) is 0.143. The average molecular weight is 318 g/mol. The lowest BCUT2D eigenvalue weighted by Crippen LogP contribution is -2.40. The van der Waals surface area contributed by atoms with E-state index in [0.29, 0.717) is 4.13 Å². The number of benzene rings is 1. The van der Waals surface area contributed by atoms with E-state index in [0.717, 1.165) is 24.3 Å². The Labute approximate surface area is 105 Å². The number of sulfonamides is 2. The van der Waals surface area contributed by atoms with Gasteiger partial charge in [-0.1, -0.05) is 4.13 Å². The molecule has 0 aliphatic rings. The van der Waals surface area contributed by atoms with Gasteiger partial charge in [0.1, 0.15) is 5.69 Å². The molecule has 0 saturated carbocycles. The Hall–Kier alpha value is -1.53. The van der Waals surface area contributed by atoms with Crippen LogP contribution in [-0.4, -0.2) is 22.3 Å². The first-order valence-corrected chi connectivity index (χ1v) is 7.24. The molecule has 0 radical (unpaired) electrons. The first-order chi connectivity index (χ1) is 8.49. The van der Waals surface area contributed by atoms with Crippen LogP contribution in [0.5, 0.6) is 0 Å². The van der Waals surface area contributed by atoms with Crippen LogP contribution in [0.2, 0.25) is 0 Å². The summed E-state index contributed by atoms with van der Waals surface area (Å²) in [7, 11) is -11.0. The number of alkyl halides is 3. The van der Waals surface area contributed by atoms with Crippen molar-refractivity contribution >= 4 is 25.7 Å². The second-order valence-corrected chi connectivity index (χ2v) is 6.74. The van der Waals surface area contributed by atoms with Crippen molar-refractivity contribution in [3.05, 3.63) is 29.2 Å². The minimum Gasteiger partial charge on any atom is -0.206 e. The smallest absolute Gasteiger partial charge is 0.206 e. The predicted molar refractivity (Wildman–Crippen MR) is 57.2 cm³/mol. The molecule has 0 atom stereocenters. The number of nitrogens with one attached hydrogen (secondary N) is 1. The molecule has 0 saturated heterocycles. The van der Waals surface area contributed by atoms with Gasteiger partial charge in [-0.15, -0.1) is 4.91 Å². The number of nitrogens with zero attached hydrogens (tertiary/aromatic N) is 1. The Kier molecular flexibility index (Phi) is 3.97. The van der Waals surface area contributed by atoms with Gasteiger partial charge in [-0.2, -0.15) is 13.2 Å². The van der Waals surface area contributed by atoms with Crippen molar-refractivity contribution < 1.29 is 30.0 Å². The Bertz CT molecular complexity index is 678. The first kappa shape index (κ1) is 15.5. The zero-order valence-corrected chi connectivity index (χ0v) is 10.4. The zero-order chi connectivity index (χ0) is 14.9. The average Bonchev–Trinajstić information content (AvgIpc) is 2.26. The summed E-state index contributed by atoms with van der Waals surface area (Å²) in [5.74, 6) is 0. The normalized spacial score (nSPS) is 13.2. The van der Waals surface area contributed by atoms with Crippen LogP contribution in [0.4, 0.5) is 18.9 Å². The molecule has 0 heterocycles. The topological polar surface area (TPSA) is 110 Å². The van der Waals surface area contributed by atoms with Crippen LogP contribution in [0.15, 0.2) is 34.3 Å². The van der Waals surface area contributed by atoms with E-state index in [1.54, 1.807) is 0 Å². The van der Waals surface area contributed by atoms with Gasteiger partial charge in [-0.3, -0.25) is 0 Å². The number of hydrogen-bond donors (Lipinski definition) is 1. The third-order valence-electron chi connectivity index (χ3n) is 1.78. The van der Waals surface area contributed by atoms with E-state index >= 15 is 0 Å². The fourth-order valence-corrected chi connectivity index (χ4v) is 3.34. The Balaban J connectivity index is 3.15. The van der Waals surface area contributed by atoms with Gasteiger partial charge in [0, 0.05) is 0 Å². The van der Waals surface area contributed by atoms with E-state index in [1.165, 1.54) is 0 Å². The first-order valence-electron chi connectivity index (χ1n) is 4.28. The van der Waals surface area contributed by atoms with Gasteiger partial charge >= 0.3 is 15.5 Å². The van der Waals surface area contributed by atoms with Gasteiger partial charge in [0.2, 0.25) is 0 Å². The molecule has 0 spiro atoms. The van der Waals surface area contributed by atoms with Gasteiger partial charge < -0.3 is 0 Å². The molecule has 19 heavy (non-hydrogen) atoms. The molecule has 1 aromatic rings. The molecule has 0 bridgehead atoms. The highest BCUT2D eigenvalue weighted by atomic mass is 32.3. The molecule has 0 aromatic heterocycles. The van der Waals surface area contributed by atoms with Gasteiger partial charge in [-0.25, -0.2) is 16.8 Å². The van der Waals surface area contributed by atoms with E-state index in [9.17, 15) is 34.9 Å². The highest BCUT2D eigenvalue weighted by Crippen LogP contribution is 2.24. The second-order valence-electron chi connectivity index (χ2n) is 3.12. The number of nitroso groups, excluding NO2 is 1. The number of rotatable bonds is 4. The lowest BCUT2D eigenvalue weighted by molar-refractivity contribution is -0.0441. The molecule has 0 aliphatic carbocycles. The highest BCUT2D eigenvalue weighted by molar-refractivity contribution is 8.05.